The van der Waals surface area contributed by atoms with Crippen molar-refractivity contribution in [3.05, 3.63) is 64.4 Å². The molecular weight excluding hydrogens is 341 g/mol. The average molecular weight is 364 g/mol. The summed E-state index contributed by atoms with van der Waals surface area (Å²) in [6.45, 7) is 2.36. The SMILES string of the molecule is OCC1(Cc2ccccc2F)CCCN(Cc2ccc(O)c(Cl)c2)C1. The topological polar surface area (TPSA) is 43.7 Å². The second kappa shape index (κ2) is 7.73. The predicted octanol–water partition coefficient (Wildman–Crippen LogP) is 4.00. The van der Waals surface area contributed by atoms with Crippen molar-refractivity contribution in [3.8, 4) is 5.75 Å². The van der Waals surface area contributed by atoms with Gasteiger partial charge in [-0.3, -0.25) is 4.90 Å². The van der Waals surface area contributed by atoms with Gasteiger partial charge in [0.25, 0.3) is 0 Å². The van der Waals surface area contributed by atoms with Crippen molar-refractivity contribution in [2.24, 2.45) is 5.41 Å². The summed E-state index contributed by atoms with van der Waals surface area (Å²) in [4.78, 5) is 2.27. The van der Waals surface area contributed by atoms with Crippen LogP contribution < -0.4 is 0 Å². The van der Waals surface area contributed by atoms with Gasteiger partial charge in [-0.05, 0) is 55.1 Å². The number of hydrogen-bond donors (Lipinski definition) is 2. The number of hydrogen-bond acceptors (Lipinski definition) is 3. The average Bonchev–Trinajstić information content (AvgIpc) is 2.61. The molecule has 1 unspecified atom stereocenters. The summed E-state index contributed by atoms with van der Waals surface area (Å²) in [6, 6.07) is 12.0. The molecule has 134 valence electrons. The van der Waals surface area contributed by atoms with E-state index in [1.807, 2.05) is 12.1 Å². The van der Waals surface area contributed by atoms with Crippen molar-refractivity contribution in [3.63, 3.8) is 0 Å². The lowest BCUT2D eigenvalue weighted by Crippen LogP contribution is -2.46. The lowest BCUT2D eigenvalue weighted by Gasteiger charge is -2.42. The van der Waals surface area contributed by atoms with E-state index in [9.17, 15) is 14.6 Å². The summed E-state index contributed by atoms with van der Waals surface area (Å²) in [5, 5.41) is 19.9. The van der Waals surface area contributed by atoms with Gasteiger partial charge >= 0.3 is 0 Å². The van der Waals surface area contributed by atoms with Crippen LogP contribution in [0.25, 0.3) is 0 Å². The zero-order valence-electron chi connectivity index (χ0n) is 14.1. The van der Waals surface area contributed by atoms with Crippen molar-refractivity contribution in [2.45, 2.75) is 25.8 Å². The Bertz CT molecular complexity index is 739. The molecule has 1 saturated heterocycles. The lowest BCUT2D eigenvalue weighted by atomic mass is 9.75. The molecule has 1 aliphatic heterocycles. The number of aromatic hydroxyl groups is 1. The Hall–Kier alpha value is -1.62. The van der Waals surface area contributed by atoms with E-state index < -0.39 is 0 Å². The number of halogens is 2. The summed E-state index contributed by atoms with van der Waals surface area (Å²) in [7, 11) is 0. The molecule has 0 bridgehead atoms. The van der Waals surface area contributed by atoms with E-state index in [0.29, 0.717) is 30.1 Å². The normalized spacial score (nSPS) is 21.4. The second-order valence-corrected chi connectivity index (χ2v) is 7.43. The van der Waals surface area contributed by atoms with Crippen molar-refractivity contribution in [2.75, 3.05) is 19.7 Å². The minimum atomic E-state index is -0.332. The van der Waals surface area contributed by atoms with Gasteiger partial charge in [-0.1, -0.05) is 35.9 Å². The van der Waals surface area contributed by atoms with E-state index in [0.717, 1.165) is 24.9 Å². The maximum absolute atomic E-state index is 14.0. The lowest BCUT2D eigenvalue weighted by molar-refractivity contribution is 0.0283. The van der Waals surface area contributed by atoms with Crippen LogP contribution in [0.1, 0.15) is 24.0 Å². The third-order valence-electron chi connectivity index (χ3n) is 5.02. The first-order valence-corrected chi connectivity index (χ1v) is 8.93. The van der Waals surface area contributed by atoms with Crippen molar-refractivity contribution < 1.29 is 14.6 Å². The number of aliphatic hydroxyl groups excluding tert-OH is 1. The number of aliphatic hydroxyl groups is 1. The first-order valence-electron chi connectivity index (χ1n) is 8.55. The molecule has 1 fully saturated rings. The molecule has 0 spiro atoms. The zero-order chi connectivity index (χ0) is 17.9. The Labute approximate surface area is 152 Å². The highest BCUT2D eigenvalue weighted by atomic mass is 35.5. The fraction of sp³-hybridized carbons (Fsp3) is 0.400. The van der Waals surface area contributed by atoms with E-state index in [1.165, 1.54) is 6.07 Å². The number of rotatable bonds is 5. The molecule has 2 aromatic carbocycles. The number of phenolic OH excluding ortho intramolecular Hbond substituents is 1. The standard InChI is InChI=1S/C20H23ClFNO2/c21-17-10-15(6-7-19(17)25)12-23-9-3-8-20(13-23,14-24)11-16-4-1-2-5-18(16)22/h1-2,4-7,10,24-25H,3,8-9,11-14H2. The Morgan fingerprint density at radius 1 is 1.20 bits per heavy atom. The molecule has 0 aliphatic carbocycles. The van der Waals surface area contributed by atoms with Gasteiger partial charge in [-0.25, -0.2) is 4.39 Å². The van der Waals surface area contributed by atoms with Gasteiger partial charge in [0.15, 0.2) is 0 Å². The highest BCUT2D eigenvalue weighted by Crippen LogP contribution is 2.35. The molecule has 5 heteroatoms. The Morgan fingerprint density at radius 2 is 2.00 bits per heavy atom. The summed E-state index contributed by atoms with van der Waals surface area (Å²) in [6.07, 6.45) is 2.37. The molecule has 1 aliphatic rings. The summed E-state index contributed by atoms with van der Waals surface area (Å²) in [5.74, 6) is -0.133. The molecule has 0 amide bonds. The minimum Gasteiger partial charge on any atom is -0.506 e. The van der Waals surface area contributed by atoms with E-state index in [4.69, 9.17) is 11.6 Å². The van der Waals surface area contributed by atoms with Gasteiger partial charge in [0.05, 0.1) is 11.6 Å². The van der Waals surface area contributed by atoms with E-state index in [2.05, 4.69) is 4.90 Å². The van der Waals surface area contributed by atoms with Gasteiger partial charge in [-0.2, -0.15) is 0 Å². The first-order chi connectivity index (χ1) is 12.0. The van der Waals surface area contributed by atoms with E-state index in [-0.39, 0.29) is 23.6 Å². The minimum absolute atomic E-state index is 0.0359. The highest BCUT2D eigenvalue weighted by molar-refractivity contribution is 6.32. The van der Waals surface area contributed by atoms with Gasteiger partial charge in [-0.15, -0.1) is 0 Å². The summed E-state index contributed by atoms with van der Waals surface area (Å²) >= 11 is 5.99. The monoisotopic (exact) mass is 363 g/mol. The van der Waals surface area contributed by atoms with Crippen LogP contribution >= 0.6 is 11.6 Å². The molecule has 1 heterocycles. The van der Waals surface area contributed by atoms with E-state index in [1.54, 1.807) is 24.3 Å². The Balaban J connectivity index is 1.73. The van der Waals surface area contributed by atoms with Crippen molar-refractivity contribution >= 4 is 11.6 Å². The molecular formula is C20H23ClFNO2. The third kappa shape index (κ3) is 4.32. The molecule has 2 N–H and O–H groups in total. The molecule has 25 heavy (non-hydrogen) atoms. The van der Waals surface area contributed by atoms with Crippen LogP contribution in [0.3, 0.4) is 0 Å². The second-order valence-electron chi connectivity index (χ2n) is 7.03. The maximum Gasteiger partial charge on any atom is 0.134 e. The smallest absolute Gasteiger partial charge is 0.134 e. The molecule has 2 aromatic rings. The largest absolute Gasteiger partial charge is 0.506 e. The molecule has 3 nitrogen and oxygen atoms in total. The quantitative estimate of drug-likeness (QED) is 0.843. The van der Waals surface area contributed by atoms with Crippen LogP contribution in [0, 0.1) is 11.2 Å². The van der Waals surface area contributed by atoms with Gasteiger partial charge in [0.2, 0.25) is 0 Å². The van der Waals surface area contributed by atoms with Crippen molar-refractivity contribution in [1.82, 2.24) is 4.90 Å². The molecule has 3 rings (SSSR count). The Kier molecular flexibility index (Phi) is 5.62. The predicted molar refractivity (Wildman–Crippen MR) is 97.3 cm³/mol. The van der Waals surface area contributed by atoms with E-state index >= 15 is 0 Å². The number of nitrogens with zero attached hydrogens (tertiary/aromatic N) is 1. The third-order valence-corrected chi connectivity index (χ3v) is 5.32. The first kappa shape index (κ1) is 18.2. The van der Waals surface area contributed by atoms with Crippen LogP contribution in [0.4, 0.5) is 4.39 Å². The molecule has 0 saturated carbocycles. The summed E-state index contributed by atoms with van der Waals surface area (Å²) in [5.41, 5.74) is 1.34. The maximum atomic E-state index is 14.0. The van der Waals surface area contributed by atoms with Crippen LogP contribution in [0.15, 0.2) is 42.5 Å². The molecule has 0 radical (unpaired) electrons. The van der Waals surface area contributed by atoms with Gasteiger partial charge in [0, 0.05) is 18.5 Å². The highest BCUT2D eigenvalue weighted by Gasteiger charge is 2.35. The van der Waals surface area contributed by atoms with Crippen molar-refractivity contribution in [1.29, 1.82) is 0 Å². The van der Waals surface area contributed by atoms with Crippen LogP contribution in [0.2, 0.25) is 5.02 Å². The molecule has 1 atom stereocenters. The Morgan fingerprint density at radius 3 is 2.72 bits per heavy atom. The molecule has 0 aromatic heterocycles. The van der Waals surface area contributed by atoms with Crippen LogP contribution in [0.5, 0.6) is 5.75 Å². The van der Waals surface area contributed by atoms with Crippen LogP contribution in [-0.2, 0) is 13.0 Å². The van der Waals surface area contributed by atoms with Gasteiger partial charge < -0.3 is 10.2 Å². The number of likely N-dealkylation sites (tertiary alicyclic amines) is 1. The van der Waals surface area contributed by atoms with Gasteiger partial charge in [0.1, 0.15) is 11.6 Å². The fourth-order valence-electron chi connectivity index (χ4n) is 3.73. The number of benzene rings is 2. The zero-order valence-corrected chi connectivity index (χ0v) is 14.8. The number of phenols is 1. The summed E-state index contributed by atoms with van der Waals surface area (Å²) < 4.78 is 14.0. The number of piperidine rings is 1. The van der Waals surface area contributed by atoms with Crippen LogP contribution in [-0.4, -0.2) is 34.8 Å². The fourth-order valence-corrected chi connectivity index (χ4v) is 3.93.